The van der Waals surface area contributed by atoms with Crippen LogP contribution in [0.4, 0.5) is 22.9 Å². The molecule has 2 amide bonds. The van der Waals surface area contributed by atoms with Crippen molar-refractivity contribution in [2.45, 2.75) is 84.7 Å². The molecular formula is C43H47Cl3N6O5. The summed E-state index contributed by atoms with van der Waals surface area (Å²) in [5.74, 6) is 0.207. The molecule has 0 saturated heterocycles. The second-order valence-corrected chi connectivity index (χ2v) is 16.1. The fourth-order valence-electron chi connectivity index (χ4n) is 5.87. The van der Waals surface area contributed by atoms with Crippen molar-refractivity contribution in [3.63, 3.8) is 0 Å². The van der Waals surface area contributed by atoms with Crippen LogP contribution in [0.5, 0.6) is 11.5 Å². The molecule has 0 aliphatic carbocycles. The number of nitrogens with one attached hydrogen (secondary N) is 3. The fourth-order valence-corrected chi connectivity index (χ4v) is 6.86. The number of amides is 2. The number of aromatic amines is 1. The Morgan fingerprint density at radius 2 is 1.51 bits per heavy atom. The monoisotopic (exact) mass is 832 g/mol. The minimum atomic E-state index is -0.811. The third kappa shape index (κ3) is 9.90. The smallest absolute Gasteiger partial charge is 0.301 e. The van der Waals surface area contributed by atoms with Gasteiger partial charge in [0, 0.05) is 21.8 Å². The Hall–Kier alpha value is -5.10. The normalized spacial score (nSPS) is 12.4. The van der Waals surface area contributed by atoms with Gasteiger partial charge in [0.05, 0.1) is 22.8 Å². The molecule has 0 bridgehead atoms. The Balaban J connectivity index is 1.41. The van der Waals surface area contributed by atoms with Crippen LogP contribution in [0, 0.1) is 0 Å². The van der Waals surface area contributed by atoms with E-state index in [1.165, 1.54) is 23.8 Å². The first-order chi connectivity index (χ1) is 27.0. The van der Waals surface area contributed by atoms with E-state index in [1.54, 1.807) is 49.6 Å². The van der Waals surface area contributed by atoms with E-state index in [0.717, 1.165) is 23.1 Å². The van der Waals surface area contributed by atoms with E-state index in [4.69, 9.17) is 44.3 Å². The topological polar surface area (TPSA) is 139 Å². The van der Waals surface area contributed by atoms with Gasteiger partial charge in [-0.05, 0) is 96.3 Å². The number of methoxy groups -OCH3 is 1. The van der Waals surface area contributed by atoms with E-state index >= 15 is 0 Å². The summed E-state index contributed by atoms with van der Waals surface area (Å²) in [6, 6.07) is 22.2. The van der Waals surface area contributed by atoms with Gasteiger partial charge in [0.2, 0.25) is 0 Å². The highest BCUT2D eigenvalue weighted by atomic mass is 35.5. The van der Waals surface area contributed by atoms with Gasteiger partial charge >= 0.3 is 5.56 Å². The van der Waals surface area contributed by atoms with Crippen molar-refractivity contribution in [3.05, 3.63) is 121 Å². The highest BCUT2D eigenvalue weighted by molar-refractivity contribution is 6.40. The minimum absolute atomic E-state index is 0.0176. The number of benzene rings is 4. The molecule has 57 heavy (non-hydrogen) atoms. The van der Waals surface area contributed by atoms with Crippen molar-refractivity contribution >= 4 is 69.5 Å². The summed E-state index contributed by atoms with van der Waals surface area (Å²) in [5, 5.41) is 17.3. The fraction of sp³-hybridized carbons (Fsp3) is 0.326. The molecular weight excluding hydrogens is 787 g/mol. The quantitative estimate of drug-likeness (QED) is 0.0901. The first-order valence-corrected chi connectivity index (χ1v) is 19.7. The number of azo groups is 1. The summed E-state index contributed by atoms with van der Waals surface area (Å²) in [6.07, 6.45) is 1.45. The predicted octanol–water partition coefficient (Wildman–Crippen LogP) is 12.0. The highest BCUT2D eigenvalue weighted by Gasteiger charge is 2.29. The van der Waals surface area contributed by atoms with Crippen LogP contribution in [0.15, 0.2) is 93.9 Å². The lowest BCUT2D eigenvalue weighted by Gasteiger charge is -2.31. The van der Waals surface area contributed by atoms with E-state index in [9.17, 15) is 14.4 Å². The summed E-state index contributed by atoms with van der Waals surface area (Å²) in [5.41, 5.74) is 2.18. The molecule has 1 aromatic heterocycles. The Labute approximate surface area is 347 Å². The molecule has 1 heterocycles. The average Bonchev–Trinajstić information content (AvgIpc) is 3.48. The number of ether oxygens (including phenoxy) is 2. The summed E-state index contributed by atoms with van der Waals surface area (Å²) in [6.45, 7) is 15.0. The van der Waals surface area contributed by atoms with Crippen molar-refractivity contribution in [1.82, 2.24) is 9.78 Å². The Morgan fingerprint density at radius 3 is 2.12 bits per heavy atom. The van der Waals surface area contributed by atoms with Gasteiger partial charge in [-0.2, -0.15) is 5.11 Å². The lowest BCUT2D eigenvalue weighted by atomic mass is 9.76. The van der Waals surface area contributed by atoms with Crippen molar-refractivity contribution in [1.29, 1.82) is 0 Å². The van der Waals surface area contributed by atoms with Crippen LogP contribution < -0.4 is 25.7 Å². The zero-order valence-electron chi connectivity index (χ0n) is 33.2. The minimum Gasteiger partial charge on any atom is -0.497 e. The van der Waals surface area contributed by atoms with E-state index in [2.05, 4.69) is 79.6 Å². The Bertz CT molecular complexity index is 2330. The van der Waals surface area contributed by atoms with Crippen LogP contribution in [0.2, 0.25) is 15.1 Å². The molecule has 4 aromatic carbocycles. The van der Waals surface area contributed by atoms with Crippen molar-refractivity contribution < 1.29 is 19.1 Å². The van der Waals surface area contributed by atoms with Crippen LogP contribution in [0.25, 0.3) is 5.69 Å². The van der Waals surface area contributed by atoms with Gasteiger partial charge in [-0.3, -0.25) is 19.5 Å². The molecule has 1 unspecified atom stereocenters. The van der Waals surface area contributed by atoms with Gasteiger partial charge in [0.25, 0.3) is 11.8 Å². The molecule has 300 valence electrons. The standard InChI is InChI=1S/C43H47Cl3N6O5/c1-9-34(57-35-20-15-26(42(4,5)10-2)22-31(35)43(6,7)11-3)40(54)47-29-14-12-13-25(21-29)39(53)48-38-36(50-49-28-16-18-30(56-8)19-17-28)41(55)52(51-38)37-32(45)23-27(44)24-33(37)46/h12-24,34,51H,9-11H2,1-8H3,(H,47,54)(H,48,53). The molecule has 0 fully saturated rings. The first-order valence-electron chi connectivity index (χ1n) is 18.6. The lowest BCUT2D eigenvalue weighted by molar-refractivity contribution is -0.122. The van der Waals surface area contributed by atoms with Gasteiger partial charge < -0.3 is 20.1 Å². The van der Waals surface area contributed by atoms with E-state index < -0.39 is 17.6 Å². The lowest BCUT2D eigenvalue weighted by Crippen LogP contribution is -2.33. The number of rotatable bonds is 15. The van der Waals surface area contributed by atoms with Crippen molar-refractivity contribution in [3.8, 4) is 17.2 Å². The Morgan fingerprint density at radius 1 is 0.842 bits per heavy atom. The second-order valence-electron chi connectivity index (χ2n) is 14.8. The van der Waals surface area contributed by atoms with Gasteiger partial charge in [0.1, 0.15) is 17.2 Å². The van der Waals surface area contributed by atoms with E-state index in [1.807, 2.05) is 13.0 Å². The van der Waals surface area contributed by atoms with Crippen LogP contribution in [-0.4, -0.2) is 34.8 Å². The molecule has 5 rings (SSSR count). The van der Waals surface area contributed by atoms with Crippen LogP contribution in [0.1, 0.15) is 89.2 Å². The van der Waals surface area contributed by atoms with Crippen LogP contribution in [0.3, 0.4) is 0 Å². The number of carbonyl (C=O) groups excluding carboxylic acids is 2. The van der Waals surface area contributed by atoms with E-state index in [-0.39, 0.29) is 54.6 Å². The number of hydrogen-bond donors (Lipinski definition) is 3. The molecule has 1 atom stereocenters. The molecule has 0 spiro atoms. The Kier molecular flexibility index (Phi) is 13.6. The average molecular weight is 834 g/mol. The summed E-state index contributed by atoms with van der Waals surface area (Å²) < 4.78 is 12.7. The molecule has 11 nitrogen and oxygen atoms in total. The first kappa shape index (κ1) is 43.0. The number of aromatic nitrogens is 2. The molecule has 0 aliphatic heterocycles. The zero-order valence-corrected chi connectivity index (χ0v) is 35.5. The summed E-state index contributed by atoms with van der Waals surface area (Å²) in [4.78, 5) is 41.2. The summed E-state index contributed by atoms with van der Waals surface area (Å²) >= 11 is 19.0. The molecule has 0 radical (unpaired) electrons. The number of H-pyrrole nitrogens is 1. The van der Waals surface area contributed by atoms with Gasteiger partial charge in [0.15, 0.2) is 17.6 Å². The number of hydrogen-bond acceptors (Lipinski definition) is 7. The maximum Gasteiger partial charge on any atom is 0.301 e. The van der Waals surface area contributed by atoms with Gasteiger partial charge in [-0.15, -0.1) is 5.11 Å². The highest BCUT2D eigenvalue weighted by Crippen LogP contribution is 2.39. The predicted molar refractivity (Wildman–Crippen MR) is 229 cm³/mol. The van der Waals surface area contributed by atoms with Gasteiger partial charge in [-0.1, -0.05) is 101 Å². The maximum atomic E-state index is 13.8. The number of anilines is 2. The zero-order chi connectivity index (χ0) is 41.7. The third-order valence-electron chi connectivity index (χ3n) is 10.2. The van der Waals surface area contributed by atoms with Crippen molar-refractivity contribution in [2.75, 3.05) is 17.7 Å². The molecule has 14 heteroatoms. The summed E-state index contributed by atoms with van der Waals surface area (Å²) in [7, 11) is 1.54. The number of nitrogens with zero attached hydrogens (tertiary/aromatic N) is 3. The molecule has 3 N–H and O–H groups in total. The van der Waals surface area contributed by atoms with Gasteiger partial charge in [-0.25, -0.2) is 4.68 Å². The molecule has 0 aliphatic rings. The van der Waals surface area contributed by atoms with Crippen LogP contribution >= 0.6 is 34.8 Å². The molecule has 0 saturated carbocycles. The van der Waals surface area contributed by atoms with Crippen LogP contribution in [-0.2, 0) is 15.6 Å². The largest absolute Gasteiger partial charge is 0.497 e. The second kappa shape index (κ2) is 18.0. The number of carbonyl (C=O) groups is 2. The van der Waals surface area contributed by atoms with Crippen molar-refractivity contribution in [2.24, 2.45) is 10.2 Å². The molecule has 5 aromatic rings. The maximum absolute atomic E-state index is 13.8. The SMILES string of the molecule is CCC(Oc1ccc(C(C)(C)CC)cc1C(C)(C)CC)C(=O)Nc1cccc(C(=O)Nc2[nH]n(-c3c(Cl)cc(Cl)cc3Cl)c(=O)c2N=Nc2ccc(OC)cc2)c1. The number of halogens is 3. The third-order valence-corrected chi connectivity index (χ3v) is 11.0. The van der Waals surface area contributed by atoms with E-state index in [0.29, 0.717) is 29.3 Å².